The van der Waals surface area contributed by atoms with Gasteiger partial charge in [0.05, 0.1) is 5.36 Å². The van der Waals surface area contributed by atoms with Crippen LogP contribution in [0.4, 0.5) is 0 Å². The molecule has 0 aliphatic rings. The van der Waals surface area contributed by atoms with E-state index < -0.39 is 0 Å². The Morgan fingerprint density at radius 3 is 1.53 bits per heavy atom. The molecule has 0 spiro atoms. The second-order valence-corrected chi connectivity index (χ2v) is 10.3. The Balaban J connectivity index is 1.86. The number of aromatic nitrogens is 1. The normalized spacial score (nSPS) is 11.2. The number of unbranched alkanes of at least 4 members (excludes halogenated alkanes) is 17. The maximum absolute atomic E-state index is 4.73. The van der Waals surface area contributed by atoms with E-state index in [2.05, 4.69) is 48.3 Å². The summed E-state index contributed by atoms with van der Waals surface area (Å²) in [5.74, 6) is 0. The Kier molecular flexibility index (Phi) is 22.8. The molecule has 0 bridgehead atoms. The molecule has 0 radical (unpaired) electrons. The summed E-state index contributed by atoms with van der Waals surface area (Å²) in [7, 11) is 0. The van der Waals surface area contributed by atoms with Gasteiger partial charge >= 0.3 is 0 Å². The van der Waals surface area contributed by atoms with E-state index in [1.807, 2.05) is 0 Å². The van der Waals surface area contributed by atoms with Crippen LogP contribution in [0.25, 0.3) is 0 Å². The molecule has 198 valence electrons. The highest BCUT2D eigenvalue weighted by Gasteiger charge is 1.95. The molecule has 0 amide bonds. The second kappa shape index (κ2) is 25.0. The average Bonchev–Trinajstić information content (AvgIpc) is 2.86. The van der Waals surface area contributed by atoms with Crippen LogP contribution in [0.1, 0.15) is 142 Å². The molecule has 0 saturated heterocycles. The zero-order valence-electron chi connectivity index (χ0n) is 23.2. The molecule has 0 atom stereocenters. The highest BCUT2D eigenvalue weighted by atomic mass is 14.9. The molecule has 1 aromatic rings. The number of hydrogen-bond donors (Lipinski definition) is 1. The van der Waals surface area contributed by atoms with Crippen LogP contribution in [0.5, 0.6) is 0 Å². The largest absolute Gasteiger partial charge is 0.354 e. The van der Waals surface area contributed by atoms with Crippen LogP contribution in [0.15, 0.2) is 29.5 Å². The topological polar surface area (TPSA) is 29.3 Å². The number of rotatable bonds is 25. The minimum Gasteiger partial charge on any atom is -0.354 e. The summed E-state index contributed by atoms with van der Waals surface area (Å²) in [6, 6.07) is 4.36. The van der Waals surface area contributed by atoms with Gasteiger partial charge in [-0.2, -0.15) is 0 Å². The molecule has 34 heavy (non-hydrogen) atoms. The van der Waals surface area contributed by atoms with Crippen molar-refractivity contribution >= 4 is 0 Å². The summed E-state index contributed by atoms with van der Waals surface area (Å²) < 4.78 is 2.32. The molecule has 1 rings (SSSR count). The van der Waals surface area contributed by atoms with E-state index in [1.54, 1.807) is 0 Å². The molecule has 3 heteroatoms. The van der Waals surface area contributed by atoms with E-state index in [9.17, 15) is 0 Å². The lowest BCUT2D eigenvalue weighted by molar-refractivity contribution is 0.524. The Labute approximate surface area is 213 Å². The van der Waals surface area contributed by atoms with Crippen LogP contribution >= 0.6 is 0 Å². The van der Waals surface area contributed by atoms with E-state index in [-0.39, 0.29) is 0 Å². The van der Waals surface area contributed by atoms with Crippen LogP contribution in [-0.4, -0.2) is 24.2 Å². The minimum atomic E-state index is 0.978. The van der Waals surface area contributed by atoms with Crippen LogP contribution in [-0.2, 0) is 6.54 Å². The molecular weight excluding hydrogens is 414 g/mol. The van der Waals surface area contributed by atoms with Crippen molar-refractivity contribution in [2.24, 2.45) is 4.99 Å². The van der Waals surface area contributed by atoms with Crippen LogP contribution < -0.4 is 10.7 Å². The van der Waals surface area contributed by atoms with Crippen molar-refractivity contribution in [1.82, 2.24) is 9.88 Å². The van der Waals surface area contributed by atoms with Gasteiger partial charge in [-0.05, 0) is 50.9 Å². The molecule has 0 aliphatic heterocycles. The second-order valence-electron chi connectivity index (χ2n) is 10.3. The summed E-state index contributed by atoms with van der Waals surface area (Å²) in [5.41, 5.74) is 0. The quantitative estimate of drug-likeness (QED) is 0.141. The molecule has 1 heterocycles. The van der Waals surface area contributed by atoms with Gasteiger partial charge in [-0.25, -0.2) is 0 Å². The lowest BCUT2D eigenvalue weighted by Crippen LogP contribution is -2.16. The first-order valence-corrected chi connectivity index (χ1v) is 15.2. The third-order valence-corrected chi connectivity index (χ3v) is 6.91. The van der Waals surface area contributed by atoms with Crippen molar-refractivity contribution in [3.63, 3.8) is 0 Å². The van der Waals surface area contributed by atoms with Gasteiger partial charge < -0.3 is 9.88 Å². The van der Waals surface area contributed by atoms with Crippen molar-refractivity contribution in [2.45, 2.75) is 149 Å². The molecule has 0 aromatic carbocycles. The third kappa shape index (κ3) is 20.3. The molecule has 0 unspecified atom stereocenters. The molecule has 3 nitrogen and oxygen atoms in total. The average molecular weight is 474 g/mol. The first-order chi connectivity index (χ1) is 16.9. The fourth-order valence-corrected chi connectivity index (χ4v) is 4.56. The highest BCUT2D eigenvalue weighted by Crippen LogP contribution is 2.09. The number of nitrogens with zero attached hydrogens (tertiary/aromatic N) is 2. The van der Waals surface area contributed by atoms with Crippen LogP contribution in [0.2, 0.25) is 0 Å². The maximum Gasteiger partial charge on any atom is 0.0603 e. The van der Waals surface area contributed by atoms with Gasteiger partial charge in [0.1, 0.15) is 0 Å². The number of hydrogen-bond acceptors (Lipinski definition) is 2. The third-order valence-electron chi connectivity index (χ3n) is 6.91. The summed E-state index contributed by atoms with van der Waals surface area (Å²) in [6.07, 6.45) is 31.9. The fourth-order valence-electron chi connectivity index (χ4n) is 4.56. The lowest BCUT2D eigenvalue weighted by Gasteiger charge is -2.07. The van der Waals surface area contributed by atoms with Crippen molar-refractivity contribution in [3.05, 3.63) is 29.9 Å². The van der Waals surface area contributed by atoms with E-state index in [4.69, 9.17) is 4.99 Å². The molecule has 0 saturated carbocycles. The van der Waals surface area contributed by atoms with Crippen molar-refractivity contribution in [1.29, 1.82) is 0 Å². The van der Waals surface area contributed by atoms with Crippen molar-refractivity contribution in [3.8, 4) is 0 Å². The van der Waals surface area contributed by atoms with Gasteiger partial charge in [-0.1, -0.05) is 117 Å². The van der Waals surface area contributed by atoms with Gasteiger partial charge in [-0.3, -0.25) is 4.99 Å². The zero-order valence-corrected chi connectivity index (χ0v) is 23.2. The fraction of sp³-hybridized carbons (Fsp3) is 0.839. The number of pyridine rings is 1. The molecular formula is C31H59N3. The summed E-state index contributed by atoms with van der Waals surface area (Å²) in [5, 5.41) is 4.77. The zero-order chi connectivity index (χ0) is 24.4. The predicted molar refractivity (Wildman–Crippen MR) is 151 cm³/mol. The van der Waals surface area contributed by atoms with Crippen molar-refractivity contribution in [2.75, 3.05) is 19.6 Å². The number of nitrogens with one attached hydrogen (secondary N) is 1. The minimum absolute atomic E-state index is 0.978. The van der Waals surface area contributed by atoms with Crippen LogP contribution in [0, 0.1) is 0 Å². The SMILES string of the molecule is CCCCCCCCN=c1ccn(CCCCCCCCCCNCCCCCCCC)cc1. The maximum atomic E-state index is 4.73. The van der Waals surface area contributed by atoms with Gasteiger partial charge in [0.25, 0.3) is 0 Å². The predicted octanol–water partition coefficient (Wildman–Crippen LogP) is 8.82. The van der Waals surface area contributed by atoms with Gasteiger partial charge in [0, 0.05) is 25.5 Å². The molecule has 0 fully saturated rings. The van der Waals surface area contributed by atoms with E-state index in [0.29, 0.717) is 0 Å². The van der Waals surface area contributed by atoms with E-state index in [0.717, 1.165) is 18.4 Å². The lowest BCUT2D eigenvalue weighted by atomic mass is 10.1. The monoisotopic (exact) mass is 473 g/mol. The molecule has 0 aliphatic carbocycles. The standard InChI is InChI=1S/C31H59N3/c1-3-5-7-9-15-19-25-32-26-20-16-13-11-12-14-18-22-28-34-29-23-31(24-30-34)33-27-21-17-10-8-6-4-2/h23-24,29-30,32H,3-22,25-28H2,1-2H3. The molecule has 1 N–H and O–H groups in total. The van der Waals surface area contributed by atoms with Gasteiger partial charge in [0.15, 0.2) is 0 Å². The Hall–Kier alpha value is -1.09. The van der Waals surface area contributed by atoms with Crippen LogP contribution in [0.3, 0.4) is 0 Å². The highest BCUT2D eigenvalue weighted by molar-refractivity contribution is 4.93. The van der Waals surface area contributed by atoms with Crippen molar-refractivity contribution < 1.29 is 0 Å². The smallest absolute Gasteiger partial charge is 0.0603 e. The Bertz CT molecular complexity index is 572. The van der Waals surface area contributed by atoms with Gasteiger partial charge in [0.2, 0.25) is 0 Å². The summed E-state index contributed by atoms with van der Waals surface area (Å²) in [6.45, 7) is 9.12. The first kappa shape index (κ1) is 30.9. The molecule has 1 aromatic heterocycles. The Morgan fingerprint density at radius 1 is 0.559 bits per heavy atom. The van der Waals surface area contributed by atoms with Gasteiger partial charge in [-0.15, -0.1) is 0 Å². The Morgan fingerprint density at radius 2 is 1.00 bits per heavy atom. The summed E-state index contributed by atoms with van der Waals surface area (Å²) in [4.78, 5) is 4.73. The number of aryl methyl sites for hydroxylation is 1. The van der Waals surface area contributed by atoms with E-state index in [1.165, 1.54) is 142 Å². The van der Waals surface area contributed by atoms with E-state index >= 15 is 0 Å². The summed E-state index contributed by atoms with van der Waals surface area (Å²) >= 11 is 0. The first-order valence-electron chi connectivity index (χ1n) is 15.2.